The van der Waals surface area contributed by atoms with Crippen molar-refractivity contribution >= 4 is 40.0 Å². The van der Waals surface area contributed by atoms with Gasteiger partial charge in [-0.25, -0.2) is 4.39 Å². The van der Waals surface area contributed by atoms with Crippen molar-refractivity contribution in [3.05, 3.63) is 40.6 Å². The molecule has 0 saturated carbocycles. The molecule has 1 fully saturated rings. The Bertz CT molecular complexity index is 738. The van der Waals surface area contributed by atoms with Gasteiger partial charge in [-0.2, -0.15) is 9.36 Å². The van der Waals surface area contributed by atoms with Crippen molar-refractivity contribution in [2.45, 2.75) is 26.7 Å². The molecule has 2 aromatic rings. The highest BCUT2D eigenvalue weighted by atomic mass is 35.5. The van der Waals surface area contributed by atoms with Gasteiger partial charge in [0.15, 0.2) is 5.82 Å². The van der Waals surface area contributed by atoms with Crippen LogP contribution in [0.2, 0.25) is 5.02 Å². The summed E-state index contributed by atoms with van der Waals surface area (Å²) in [7, 11) is 0. The molecule has 4 nitrogen and oxygen atoms in total. The van der Waals surface area contributed by atoms with Crippen LogP contribution in [0.25, 0.3) is 6.08 Å². The molecule has 1 aromatic heterocycles. The van der Waals surface area contributed by atoms with E-state index in [1.165, 1.54) is 60.2 Å². The molecule has 1 saturated heterocycles. The number of rotatable bonds is 4. The number of hydrogen-bond acceptors (Lipinski definition) is 4. The van der Waals surface area contributed by atoms with E-state index in [0.717, 1.165) is 5.92 Å². The Morgan fingerprint density at radius 3 is 2.88 bits per heavy atom. The summed E-state index contributed by atoms with van der Waals surface area (Å²) in [5.41, 5.74) is 1.97. The highest BCUT2D eigenvalue weighted by molar-refractivity contribution is 7.09. The lowest BCUT2D eigenvalue weighted by Crippen LogP contribution is -3.11. The van der Waals surface area contributed by atoms with Crippen LogP contribution in [0, 0.1) is 11.7 Å². The Labute approximate surface area is 150 Å². The van der Waals surface area contributed by atoms with Crippen LogP contribution in [0.15, 0.2) is 23.9 Å². The molecule has 1 aliphatic rings. The fourth-order valence-corrected chi connectivity index (χ4v) is 3.59. The van der Waals surface area contributed by atoms with Gasteiger partial charge in [0.25, 0.3) is 0 Å². The lowest BCUT2D eigenvalue weighted by atomic mass is 9.99. The molecule has 7 heteroatoms. The number of nitrogens with one attached hydrogen (secondary N) is 2. The Morgan fingerprint density at radius 2 is 2.17 bits per heavy atom. The van der Waals surface area contributed by atoms with Crippen LogP contribution in [0.1, 0.15) is 32.5 Å². The molecule has 1 aromatic carbocycles. The van der Waals surface area contributed by atoms with Gasteiger partial charge in [0, 0.05) is 30.2 Å². The standard InChI is InChI=1S/C17H20ClFN4S/c1-11-5-7-23(8-6-11)12(2)9-16-21-17(24-22-16)20-13-3-4-15(19)14(18)10-13/h3-4,9-11H,5-8H2,1-2H3,(H,20,21,22)/p+1. The largest absolute Gasteiger partial charge is 0.330 e. The van der Waals surface area contributed by atoms with Gasteiger partial charge in [-0.3, -0.25) is 0 Å². The lowest BCUT2D eigenvalue weighted by molar-refractivity contribution is -0.866. The second-order valence-electron chi connectivity index (χ2n) is 6.33. The van der Waals surface area contributed by atoms with E-state index in [2.05, 4.69) is 28.5 Å². The third-order valence-corrected chi connectivity index (χ3v) is 5.33. The average Bonchev–Trinajstić information content (AvgIpc) is 2.98. The topological polar surface area (TPSA) is 42.2 Å². The van der Waals surface area contributed by atoms with E-state index in [0.29, 0.717) is 16.6 Å². The highest BCUT2D eigenvalue weighted by Gasteiger charge is 2.20. The Balaban J connectivity index is 1.66. The van der Waals surface area contributed by atoms with Crippen LogP contribution in [-0.2, 0) is 0 Å². The maximum Gasteiger partial charge on any atom is 0.207 e. The van der Waals surface area contributed by atoms with Crippen LogP contribution >= 0.6 is 23.1 Å². The van der Waals surface area contributed by atoms with Gasteiger partial charge in [0.2, 0.25) is 5.13 Å². The Kier molecular flexibility index (Phi) is 5.48. The Morgan fingerprint density at radius 1 is 1.42 bits per heavy atom. The second kappa shape index (κ2) is 7.59. The molecular formula is C17H21ClFN4S+. The number of halogens is 2. The van der Waals surface area contributed by atoms with E-state index in [1.54, 1.807) is 6.07 Å². The normalized spacial score (nSPS) is 21.8. The van der Waals surface area contributed by atoms with Crippen LogP contribution in [0.3, 0.4) is 0 Å². The van der Waals surface area contributed by atoms with E-state index in [1.807, 2.05) is 6.08 Å². The number of aromatic nitrogens is 2. The first kappa shape index (κ1) is 17.3. The van der Waals surface area contributed by atoms with Crippen molar-refractivity contribution in [1.29, 1.82) is 0 Å². The summed E-state index contributed by atoms with van der Waals surface area (Å²) in [4.78, 5) is 5.99. The number of benzene rings is 1. The summed E-state index contributed by atoms with van der Waals surface area (Å²) in [6.45, 7) is 6.80. The molecule has 0 amide bonds. The summed E-state index contributed by atoms with van der Waals surface area (Å²) in [5, 5.41) is 3.86. The molecule has 0 spiro atoms. The van der Waals surface area contributed by atoms with E-state index in [9.17, 15) is 4.39 Å². The van der Waals surface area contributed by atoms with Gasteiger partial charge in [-0.15, -0.1) is 0 Å². The third-order valence-electron chi connectivity index (χ3n) is 4.39. The van der Waals surface area contributed by atoms with Gasteiger partial charge >= 0.3 is 0 Å². The number of nitrogens with zero attached hydrogens (tertiary/aromatic N) is 2. The molecule has 0 aliphatic carbocycles. The highest BCUT2D eigenvalue weighted by Crippen LogP contribution is 2.23. The second-order valence-corrected chi connectivity index (χ2v) is 7.48. The first-order valence-electron chi connectivity index (χ1n) is 8.10. The number of quaternary nitrogens is 1. The minimum absolute atomic E-state index is 0.0865. The molecule has 1 aliphatic heterocycles. The van der Waals surface area contributed by atoms with Gasteiger partial charge in [-0.1, -0.05) is 18.5 Å². The molecule has 3 rings (SSSR count). The zero-order valence-corrected chi connectivity index (χ0v) is 15.3. The van der Waals surface area contributed by atoms with E-state index >= 15 is 0 Å². The smallest absolute Gasteiger partial charge is 0.207 e. The molecule has 2 heterocycles. The predicted octanol–water partition coefficient (Wildman–Crippen LogP) is 3.75. The van der Waals surface area contributed by atoms with E-state index in [-0.39, 0.29) is 5.02 Å². The molecule has 2 N–H and O–H groups in total. The minimum Gasteiger partial charge on any atom is -0.330 e. The van der Waals surface area contributed by atoms with E-state index in [4.69, 9.17) is 11.6 Å². The van der Waals surface area contributed by atoms with Gasteiger partial charge in [-0.05, 0) is 37.0 Å². The fraction of sp³-hybridized carbons (Fsp3) is 0.412. The summed E-state index contributed by atoms with van der Waals surface area (Å²) < 4.78 is 17.6. The minimum atomic E-state index is -0.433. The van der Waals surface area contributed by atoms with Crippen LogP contribution in [0.5, 0.6) is 0 Å². The first-order valence-corrected chi connectivity index (χ1v) is 9.25. The first-order chi connectivity index (χ1) is 11.5. The van der Waals surface area contributed by atoms with Gasteiger partial charge < -0.3 is 10.2 Å². The summed E-state index contributed by atoms with van der Waals surface area (Å²) >= 11 is 7.07. The number of hydrogen-bond donors (Lipinski definition) is 2. The van der Waals surface area contributed by atoms with Crippen LogP contribution in [0.4, 0.5) is 15.2 Å². The van der Waals surface area contributed by atoms with Crippen molar-refractivity contribution in [2.24, 2.45) is 5.92 Å². The van der Waals surface area contributed by atoms with Gasteiger partial charge in [0.1, 0.15) is 11.5 Å². The summed E-state index contributed by atoms with van der Waals surface area (Å²) in [6, 6.07) is 4.50. The number of likely N-dealkylation sites (tertiary alicyclic amines) is 1. The molecule has 0 bridgehead atoms. The van der Waals surface area contributed by atoms with E-state index < -0.39 is 5.82 Å². The maximum atomic E-state index is 13.2. The predicted molar refractivity (Wildman–Crippen MR) is 97.3 cm³/mol. The molecule has 128 valence electrons. The quantitative estimate of drug-likeness (QED) is 0.864. The number of anilines is 2. The van der Waals surface area contributed by atoms with Crippen molar-refractivity contribution in [2.75, 3.05) is 18.4 Å². The van der Waals surface area contributed by atoms with Crippen molar-refractivity contribution in [3.8, 4) is 0 Å². The number of allylic oxidation sites excluding steroid dienone is 1. The molecular weight excluding hydrogens is 347 g/mol. The van der Waals surface area contributed by atoms with Crippen molar-refractivity contribution in [3.63, 3.8) is 0 Å². The molecule has 0 atom stereocenters. The molecule has 0 unspecified atom stereocenters. The molecule has 24 heavy (non-hydrogen) atoms. The summed E-state index contributed by atoms with van der Waals surface area (Å²) in [6.07, 6.45) is 4.58. The van der Waals surface area contributed by atoms with Crippen molar-refractivity contribution < 1.29 is 9.29 Å². The lowest BCUT2D eigenvalue weighted by Gasteiger charge is -2.27. The van der Waals surface area contributed by atoms with Crippen molar-refractivity contribution in [1.82, 2.24) is 9.36 Å². The third kappa shape index (κ3) is 4.32. The number of piperidine rings is 1. The summed E-state index contributed by atoms with van der Waals surface area (Å²) in [5.74, 6) is 1.11. The maximum absolute atomic E-state index is 13.2. The van der Waals surface area contributed by atoms with Crippen LogP contribution < -0.4 is 10.2 Å². The van der Waals surface area contributed by atoms with Gasteiger partial charge in [0.05, 0.1) is 18.1 Å². The monoisotopic (exact) mass is 367 g/mol. The SMILES string of the molecule is CC(=Cc1nsc(Nc2ccc(F)c(Cl)c2)n1)[NH+]1CCC(C)CC1. The average molecular weight is 368 g/mol. The zero-order valence-electron chi connectivity index (χ0n) is 13.8. The Hall–Kier alpha value is -1.50. The fourth-order valence-electron chi connectivity index (χ4n) is 2.84. The molecule has 0 radical (unpaired) electrons. The zero-order chi connectivity index (χ0) is 17.1. The van der Waals surface area contributed by atoms with Crippen LogP contribution in [-0.4, -0.2) is 22.4 Å².